The van der Waals surface area contributed by atoms with Crippen LogP contribution in [0.2, 0.25) is 0 Å². The van der Waals surface area contributed by atoms with E-state index >= 15 is 0 Å². The summed E-state index contributed by atoms with van der Waals surface area (Å²) in [5.74, 6) is -1.48. The Morgan fingerprint density at radius 2 is 1.85 bits per heavy atom. The number of hydrogen-bond acceptors (Lipinski definition) is 4. The van der Waals surface area contributed by atoms with Gasteiger partial charge in [0.05, 0.1) is 12.2 Å². The number of aromatic nitrogens is 2. The molecule has 0 atom stereocenters. The average Bonchev–Trinajstić information content (AvgIpc) is 2.74. The van der Waals surface area contributed by atoms with Crippen molar-refractivity contribution in [3.05, 3.63) is 82.1 Å². The molecule has 0 bridgehead atoms. The van der Waals surface area contributed by atoms with E-state index in [1.165, 1.54) is 21.7 Å². The van der Waals surface area contributed by atoms with E-state index in [4.69, 9.17) is 0 Å². The van der Waals surface area contributed by atoms with Crippen molar-refractivity contribution in [2.24, 2.45) is 0 Å². The number of benzene rings is 2. The standard InChI is InChI=1S/C24H26F2N4O3/c1-16(2)27-9-4-10-29(24(32)33)21-6-3-5-17(11-21)15-30-23(31)8-7-22(28-30)18-12-19(25)14-20(26)13-18/h3,5-8,11-14,16,27H,4,9-10,15H2,1-2H3,(H,32,33). The van der Waals surface area contributed by atoms with E-state index in [-0.39, 0.29) is 17.8 Å². The SMILES string of the molecule is CC(C)NCCCN(C(=O)O)c1cccc(Cn2nc(-c3cc(F)cc(F)c3)ccc2=O)c1. The largest absolute Gasteiger partial charge is 0.465 e. The molecule has 9 heteroatoms. The van der Waals surface area contributed by atoms with Gasteiger partial charge in [0.1, 0.15) is 11.6 Å². The highest BCUT2D eigenvalue weighted by atomic mass is 19.1. The summed E-state index contributed by atoms with van der Waals surface area (Å²) in [7, 11) is 0. The van der Waals surface area contributed by atoms with Gasteiger partial charge in [-0.3, -0.25) is 9.69 Å². The van der Waals surface area contributed by atoms with Crippen molar-refractivity contribution in [2.75, 3.05) is 18.0 Å². The van der Waals surface area contributed by atoms with E-state index in [0.717, 1.165) is 18.2 Å². The number of amides is 1. The lowest BCUT2D eigenvalue weighted by Gasteiger charge is -2.20. The van der Waals surface area contributed by atoms with Gasteiger partial charge in [-0.15, -0.1) is 0 Å². The maximum atomic E-state index is 13.6. The van der Waals surface area contributed by atoms with Gasteiger partial charge in [-0.05, 0) is 48.9 Å². The first-order valence-electron chi connectivity index (χ1n) is 10.6. The van der Waals surface area contributed by atoms with Gasteiger partial charge in [0.2, 0.25) is 0 Å². The fourth-order valence-electron chi connectivity index (χ4n) is 3.38. The van der Waals surface area contributed by atoms with E-state index < -0.39 is 23.3 Å². The second kappa shape index (κ2) is 10.8. The van der Waals surface area contributed by atoms with Crippen LogP contribution in [0.15, 0.2) is 59.4 Å². The van der Waals surface area contributed by atoms with Crippen LogP contribution in [0.5, 0.6) is 0 Å². The van der Waals surface area contributed by atoms with E-state index in [1.54, 1.807) is 24.3 Å². The summed E-state index contributed by atoms with van der Waals surface area (Å²) in [5, 5.41) is 17.1. The molecular formula is C24H26F2N4O3. The molecule has 1 amide bonds. The minimum Gasteiger partial charge on any atom is -0.465 e. The summed E-state index contributed by atoms with van der Waals surface area (Å²) in [5.41, 5.74) is 1.21. The van der Waals surface area contributed by atoms with Gasteiger partial charge in [0, 0.05) is 36.0 Å². The maximum Gasteiger partial charge on any atom is 0.411 e. The van der Waals surface area contributed by atoms with Gasteiger partial charge in [0.25, 0.3) is 5.56 Å². The topological polar surface area (TPSA) is 87.5 Å². The lowest BCUT2D eigenvalue weighted by atomic mass is 10.1. The molecule has 2 N–H and O–H groups in total. The summed E-state index contributed by atoms with van der Waals surface area (Å²) in [6, 6.07) is 12.9. The van der Waals surface area contributed by atoms with Gasteiger partial charge in [0.15, 0.2) is 0 Å². The molecule has 0 aliphatic rings. The smallest absolute Gasteiger partial charge is 0.411 e. The quantitative estimate of drug-likeness (QED) is 0.473. The lowest BCUT2D eigenvalue weighted by molar-refractivity contribution is 0.201. The summed E-state index contributed by atoms with van der Waals surface area (Å²) in [6.07, 6.45) is -0.427. The number of anilines is 1. The Hall–Kier alpha value is -3.59. The van der Waals surface area contributed by atoms with Crippen molar-refractivity contribution < 1.29 is 18.7 Å². The van der Waals surface area contributed by atoms with Crippen LogP contribution in [0, 0.1) is 11.6 Å². The Morgan fingerprint density at radius 3 is 2.52 bits per heavy atom. The molecule has 1 aromatic heterocycles. The summed E-state index contributed by atoms with van der Waals surface area (Å²) in [4.78, 5) is 25.4. The van der Waals surface area contributed by atoms with Crippen LogP contribution >= 0.6 is 0 Å². The van der Waals surface area contributed by atoms with Crippen LogP contribution in [0.3, 0.4) is 0 Å². The van der Waals surface area contributed by atoms with Gasteiger partial charge < -0.3 is 10.4 Å². The molecule has 174 valence electrons. The Morgan fingerprint density at radius 1 is 1.12 bits per heavy atom. The molecule has 0 saturated heterocycles. The predicted molar refractivity (Wildman–Crippen MR) is 123 cm³/mol. The van der Waals surface area contributed by atoms with Crippen molar-refractivity contribution in [1.82, 2.24) is 15.1 Å². The molecule has 33 heavy (non-hydrogen) atoms. The van der Waals surface area contributed by atoms with E-state index in [9.17, 15) is 23.5 Å². The Bertz CT molecular complexity index is 1160. The zero-order chi connectivity index (χ0) is 24.0. The monoisotopic (exact) mass is 456 g/mol. The minimum absolute atomic E-state index is 0.0701. The van der Waals surface area contributed by atoms with Crippen molar-refractivity contribution in [2.45, 2.75) is 32.9 Å². The number of carbonyl (C=O) groups is 1. The first-order valence-corrected chi connectivity index (χ1v) is 10.6. The lowest BCUT2D eigenvalue weighted by Crippen LogP contribution is -2.33. The zero-order valence-corrected chi connectivity index (χ0v) is 18.5. The first-order chi connectivity index (χ1) is 15.7. The molecule has 0 saturated carbocycles. The van der Waals surface area contributed by atoms with Crippen LogP contribution in [0.25, 0.3) is 11.3 Å². The normalized spacial score (nSPS) is 11.1. The number of nitrogens with zero attached hydrogens (tertiary/aromatic N) is 3. The highest BCUT2D eigenvalue weighted by molar-refractivity contribution is 5.86. The number of nitrogens with one attached hydrogen (secondary N) is 1. The maximum absolute atomic E-state index is 13.6. The van der Waals surface area contributed by atoms with E-state index in [1.807, 2.05) is 13.8 Å². The molecular weight excluding hydrogens is 430 g/mol. The number of halogens is 2. The van der Waals surface area contributed by atoms with E-state index in [0.29, 0.717) is 36.8 Å². The third-order valence-corrected chi connectivity index (χ3v) is 4.92. The Balaban J connectivity index is 1.82. The number of hydrogen-bond donors (Lipinski definition) is 2. The fraction of sp³-hybridized carbons (Fsp3) is 0.292. The van der Waals surface area contributed by atoms with Crippen molar-refractivity contribution in [1.29, 1.82) is 0 Å². The third-order valence-electron chi connectivity index (χ3n) is 4.92. The molecule has 1 heterocycles. The van der Waals surface area contributed by atoms with Crippen LogP contribution in [0.1, 0.15) is 25.8 Å². The van der Waals surface area contributed by atoms with Crippen molar-refractivity contribution in [3.8, 4) is 11.3 Å². The number of carboxylic acid groups (broad SMARTS) is 1. The Kier molecular flexibility index (Phi) is 7.89. The predicted octanol–water partition coefficient (Wildman–Crippen LogP) is 4.11. The summed E-state index contributed by atoms with van der Waals surface area (Å²) in [6.45, 7) is 5.12. The average molecular weight is 456 g/mol. The van der Waals surface area contributed by atoms with Crippen LogP contribution in [0.4, 0.5) is 19.3 Å². The molecule has 0 unspecified atom stereocenters. The second-order valence-corrected chi connectivity index (χ2v) is 7.94. The molecule has 3 aromatic rings. The minimum atomic E-state index is -1.07. The zero-order valence-electron chi connectivity index (χ0n) is 18.5. The Labute approximate surface area is 190 Å². The highest BCUT2D eigenvalue weighted by Crippen LogP contribution is 2.20. The highest BCUT2D eigenvalue weighted by Gasteiger charge is 2.15. The van der Waals surface area contributed by atoms with Gasteiger partial charge in [-0.2, -0.15) is 5.10 Å². The number of rotatable bonds is 9. The van der Waals surface area contributed by atoms with Gasteiger partial charge in [-0.25, -0.2) is 18.3 Å². The van der Waals surface area contributed by atoms with E-state index in [2.05, 4.69) is 10.4 Å². The van der Waals surface area contributed by atoms with Crippen molar-refractivity contribution >= 4 is 11.8 Å². The molecule has 3 rings (SSSR count). The second-order valence-electron chi connectivity index (χ2n) is 7.94. The molecule has 0 aliphatic heterocycles. The summed E-state index contributed by atoms with van der Waals surface area (Å²) < 4.78 is 28.3. The first kappa shape index (κ1) is 24.1. The molecule has 0 spiro atoms. The van der Waals surface area contributed by atoms with Gasteiger partial charge >= 0.3 is 6.09 Å². The van der Waals surface area contributed by atoms with Gasteiger partial charge in [-0.1, -0.05) is 26.0 Å². The molecule has 2 aromatic carbocycles. The molecule has 0 radical (unpaired) electrons. The molecule has 7 nitrogen and oxygen atoms in total. The van der Waals surface area contributed by atoms with Crippen molar-refractivity contribution in [3.63, 3.8) is 0 Å². The van der Waals surface area contributed by atoms with Crippen LogP contribution < -0.4 is 15.8 Å². The summed E-state index contributed by atoms with van der Waals surface area (Å²) >= 11 is 0. The van der Waals surface area contributed by atoms with Crippen LogP contribution in [-0.4, -0.2) is 40.1 Å². The molecule has 0 aliphatic carbocycles. The fourth-order valence-corrected chi connectivity index (χ4v) is 3.38. The third kappa shape index (κ3) is 6.69. The van der Waals surface area contributed by atoms with Crippen LogP contribution in [-0.2, 0) is 6.54 Å². The molecule has 0 fully saturated rings.